The van der Waals surface area contributed by atoms with E-state index in [4.69, 9.17) is 21.1 Å². The first-order chi connectivity index (χ1) is 15.0. The number of halogens is 1. The first-order valence-electron chi connectivity index (χ1n) is 9.23. The van der Waals surface area contributed by atoms with Crippen LogP contribution in [0.3, 0.4) is 0 Å². The Morgan fingerprint density at radius 3 is 2.65 bits per heavy atom. The molecule has 1 aliphatic rings. The van der Waals surface area contributed by atoms with Crippen LogP contribution in [0, 0.1) is 10.1 Å². The van der Waals surface area contributed by atoms with Crippen LogP contribution in [0.2, 0.25) is 5.02 Å². The molecule has 154 valence electrons. The molecule has 0 fully saturated rings. The molecule has 0 saturated carbocycles. The standard InChI is InChI=1S/C23H15ClN2O5/c24-19-10-9-17(13-21(19)26(28)29)22-25-20(23(27)31-22)12-16-7-4-8-18(11-16)30-14-15-5-2-1-3-6-15/h1-13H,14H2. The lowest BCUT2D eigenvalue weighted by atomic mass is 10.2. The SMILES string of the molecule is O=C1OC(c2ccc(Cl)c([N+](=O)[O-])c2)=NC1=Cc1cccc(OCc2ccccc2)c1. The van der Waals surface area contributed by atoms with Crippen molar-refractivity contribution in [3.8, 4) is 5.75 Å². The van der Waals surface area contributed by atoms with Crippen molar-refractivity contribution in [2.24, 2.45) is 4.99 Å². The van der Waals surface area contributed by atoms with Gasteiger partial charge in [-0.05, 0) is 41.5 Å². The Kier molecular flexibility index (Phi) is 5.77. The molecule has 3 aromatic rings. The third kappa shape index (κ3) is 4.79. The molecule has 0 aromatic heterocycles. The fourth-order valence-electron chi connectivity index (χ4n) is 2.91. The summed E-state index contributed by atoms with van der Waals surface area (Å²) in [5, 5.41) is 11.1. The van der Waals surface area contributed by atoms with Crippen LogP contribution >= 0.6 is 11.6 Å². The maximum absolute atomic E-state index is 12.2. The largest absolute Gasteiger partial charge is 0.489 e. The Morgan fingerprint density at radius 2 is 1.87 bits per heavy atom. The quantitative estimate of drug-likeness (QED) is 0.231. The van der Waals surface area contributed by atoms with E-state index in [9.17, 15) is 14.9 Å². The molecule has 1 heterocycles. The van der Waals surface area contributed by atoms with E-state index in [2.05, 4.69) is 4.99 Å². The number of carbonyl (C=O) groups excluding carboxylic acids is 1. The highest BCUT2D eigenvalue weighted by Crippen LogP contribution is 2.28. The van der Waals surface area contributed by atoms with Crippen LogP contribution in [-0.2, 0) is 16.1 Å². The minimum Gasteiger partial charge on any atom is -0.489 e. The van der Waals surface area contributed by atoms with Crippen molar-refractivity contribution in [1.82, 2.24) is 0 Å². The first-order valence-corrected chi connectivity index (χ1v) is 9.61. The van der Waals surface area contributed by atoms with Gasteiger partial charge in [0, 0.05) is 11.6 Å². The highest BCUT2D eigenvalue weighted by atomic mass is 35.5. The Hall–Kier alpha value is -3.97. The van der Waals surface area contributed by atoms with Crippen LogP contribution in [0.1, 0.15) is 16.7 Å². The maximum Gasteiger partial charge on any atom is 0.363 e. The molecule has 0 N–H and O–H groups in total. The van der Waals surface area contributed by atoms with Crippen LogP contribution in [0.5, 0.6) is 5.75 Å². The molecule has 8 heteroatoms. The number of benzene rings is 3. The number of rotatable bonds is 6. The molecule has 0 spiro atoms. The summed E-state index contributed by atoms with van der Waals surface area (Å²) >= 11 is 5.83. The van der Waals surface area contributed by atoms with Gasteiger partial charge in [-0.2, -0.15) is 0 Å². The van der Waals surface area contributed by atoms with Crippen molar-refractivity contribution in [3.05, 3.63) is 110 Å². The van der Waals surface area contributed by atoms with Crippen LogP contribution in [0.15, 0.2) is 83.5 Å². The Labute approximate surface area is 182 Å². The van der Waals surface area contributed by atoms with Crippen LogP contribution in [-0.4, -0.2) is 16.8 Å². The van der Waals surface area contributed by atoms with Gasteiger partial charge in [0.2, 0.25) is 5.90 Å². The lowest BCUT2D eigenvalue weighted by Gasteiger charge is -2.07. The van der Waals surface area contributed by atoms with Gasteiger partial charge in [-0.25, -0.2) is 9.79 Å². The number of aliphatic imine (C=N–C) groups is 1. The number of nitro benzene ring substituents is 1. The minimum atomic E-state index is -0.650. The van der Waals surface area contributed by atoms with Gasteiger partial charge in [0.15, 0.2) is 5.70 Å². The van der Waals surface area contributed by atoms with E-state index in [-0.39, 0.29) is 27.9 Å². The Bertz CT molecular complexity index is 1220. The summed E-state index contributed by atoms with van der Waals surface area (Å²) in [4.78, 5) is 26.9. The van der Waals surface area contributed by atoms with E-state index in [1.165, 1.54) is 18.2 Å². The molecule has 0 bridgehead atoms. The molecule has 0 amide bonds. The second kappa shape index (κ2) is 8.81. The van der Waals surface area contributed by atoms with Crippen LogP contribution in [0.25, 0.3) is 6.08 Å². The van der Waals surface area contributed by atoms with E-state index in [1.54, 1.807) is 24.3 Å². The average molecular weight is 435 g/mol. The molecule has 0 saturated heterocycles. The summed E-state index contributed by atoms with van der Waals surface area (Å²) in [5.74, 6) is -0.0298. The summed E-state index contributed by atoms with van der Waals surface area (Å²) in [7, 11) is 0. The van der Waals surface area contributed by atoms with Gasteiger partial charge >= 0.3 is 5.97 Å². The highest BCUT2D eigenvalue weighted by Gasteiger charge is 2.26. The second-order valence-corrected chi connectivity index (χ2v) is 7.01. The third-order valence-corrected chi connectivity index (χ3v) is 4.74. The number of hydrogen-bond acceptors (Lipinski definition) is 6. The van der Waals surface area contributed by atoms with Gasteiger partial charge in [0.25, 0.3) is 5.69 Å². The molecule has 0 unspecified atom stereocenters. The topological polar surface area (TPSA) is 91.0 Å². The molecule has 0 aliphatic carbocycles. The molecule has 4 rings (SSSR count). The summed E-state index contributed by atoms with van der Waals surface area (Å²) in [5.41, 5.74) is 1.81. The monoisotopic (exact) mass is 434 g/mol. The van der Waals surface area contributed by atoms with E-state index in [1.807, 2.05) is 36.4 Å². The van der Waals surface area contributed by atoms with Crippen molar-refractivity contribution >= 4 is 35.2 Å². The van der Waals surface area contributed by atoms with Crippen molar-refractivity contribution in [3.63, 3.8) is 0 Å². The zero-order valence-electron chi connectivity index (χ0n) is 16.0. The molecular formula is C23H15ClN2O5. The van der Waals surface area contributed by atoms with Crippen LogP contribution in [0.4, 0.5) is 5.69 Å². The molecule has 0 radical (unpaired) electrons. The Morgan fingerprint density at radius 1 is 1.06 bits per heavy atom. The van der Waals surface area contributed by atoms with Crippen molar-refractivity contribution in [2.45, 2.75) is 6.61 Å². The maximum atomic E-state index is 12.2. The predicted molar refractivity (Wildman–Crippen MR) is 116 cm³/mol. The number of carbonyl (C=O) groups is 1. The van der Waals surface area contributed by atoms with Gasteiger partial charge in [0.1, 0.15) is 17.4 Å². The van der Waals surface area contributed by atoms with E-state index in [0.29, 0.717) is 17.9 Å². The fourth-order valence-corrected chi connectivity index (χ4v) is 3.10. The van der Waals surface area contributed by atoms with E-state index in [0.717, 1.165) is 5.56 Å². The molecule has 3 aromatic carbocycles. The van der Waals surface area contributed by atoms with Gasteiger partial charge < -0.3 is 9.47 Å². The van der Waals surface area contributed by atoms with E-state index < -0.39 is 10.9 Å². The van der Waals surface area contributed by atoms with Crippen molar-refractivity contribution in [1.29, 1.82) is 0 Å². The molecular weight excluding hydrogens is 420 g/mol. The lowest BCUT2D eigenvalue weighted by molar-refractivity contribution is -0.384. The lowest BCUT2D eigenvalue weighted by Crippen LogP contribution is -2.06. The first kappa shape index (κ1) is 20.3. The number of nitrogens with zero attached hydrogens (tertiary/aromatic N) is 2. The van der Waals surface area contributed by atoms with Crippen molar-refractivity contribution in [2.75, 3.05) is 0 Å². The average Bonchev–Trinajstić information content (AvgIpc) is 3.13. The van der Waals surface area contributed by atoms with Gasteiger partial charge in [0.05, 0.1) is 4.92 Å². The third-order valence-electron chi connectivity index (χ3n) is 4.42. The van der Waals surface area contributed by atoms with Crippen molar-refractivity contribution < 1.29 is 19.2 Å². The minimum absolute atomic E-state index is 0.0123. The molecule has 0 atom stereocenters. The fraction of sp³-hybridized carbons (Fsp3) is 0.0435. The van der Waals surface area contributed by atoms with Gasteiger partial charge in [-0.15, -0.1) is 0 Å². The predicted octanol–water partition coefficient (Wildman–Crippen LogP) is 5.17. The molecule has 31 heavy (non-hydrogen) atoms. The smallest absolute Gasteiger partial charge is 0.363 e. The number of nitro groups is 1. The Balaban J connectivity index is 1.55. The number of esters is 1. The highest BCUT2D eigenvalue weighted by molar-refractivity contribution is 6.32. The number of hydrogen-bond donors (Lipinski definition) is 0. The summed E-state index contributed by atoms with van der Waals surface area (Å²) in [6, 6.07) is 21.0. The summed E-state index contributed by atoms with van der Waals surface area (Å²) < 4.78 is 11.0. The molecule has 1 aliphatic heterocycles. The summed E-state index contributed by atoms with van der Waals surface area (Å²) in [6.45, 7) is 0.417. The number of ether oxygens (including phenoxy) is 2. The second-order valence-electron chi connectivity index (χ2n) is 6.61. The normalized spacial score (nSPS) is 14.3. The van der Waals surface area contributed by atoms with E-state index >= 15 is 0 Å². The zero-order chi connectivity index (χ0) is 21.8. The zero-order valence-corrected chi connectivity index (χ0v) is 16.8. The van der Waals surface area contributed by atoms with Crippen LogP contribution < -0.4 is 4.74 Å². The molecule has 7 nitrogen and oxygen atoms in total. The van der Waals surface area contributed by atoms with Gasteiger partial charge in [-0.1, -0.05) is 54.1 Å². The van der Waals surface area contributed by atoms with Gasteiger partial charge in [-0.3, -0.25) is 10.1 Å². The number of cyclic esters (lactones) is 1. The summed E-state index contributed by atoms with van der Waals surface area (Å²) in [6.07, 6.45) is 1.56.